The average Bonchev–Trinajstić information content (AvgIpc) is 3.26. The highest BCUT2D eigenvalue weighted by molar-refractivity contribution is 5.94. The predicted molar refractivity (Wildman–Crippen MR) is 99.1 cm³/mol. The summed E-state index contributed by atoms with van der Waals surface area (Å²) < 4.78 is 28.7. The van der Waals surface area contributed by atoms with Crippen molar-refractivity contribution in [3.05, 3.63) is 65.0 Å². The minimum Gasteiger partial charge on any atom is -0.271 e. The molecular formula is C20H19F2N5O. The number of aromatic nitrogens is 2. The van der Waals surface area contributed by atoms with Crippen molar-refractivity contribution >= 4 is 12.1 Å². The number of nitriles is 1. The van der Waals surface area contributed by atoms with Gasteiger partial charge in [-0.15, -0.1) is 0 Å². The van der Waals surface area contributed by atoms with Crippen molar-refractivity contribution < 1.29 is 13.6 Å². The van der Waals surface area contributed by atoms with E-state index in [4.69, 9.17) is 5.26 Å². The summed E-state index contributed by atoms with van der Waals surface area (Å²) in [7, 11) is 0. The van der Waals surface area contributed by atoms with Crippen LogP contribution in [0.3, 0.4) is 0 Å². The fourth-order valence-electron chi connectivity index (χ4n) is 3.12. The molecule has 0 bridgehead atoms. The van der Waals surface area contributed by atoms with Crippen molar-refractivity contribution in [3.63, 3.8) is 0 Å². The van der Waals surface area contributed by atoms with Crippen molar-refractivity contribution in [3.8, 4) is 6.07 Å². The Kier molecular flexibility index (Phi) is 5.64. The highest BCUT2D eigenvalue weighted by Gasteiger charge is 2.30. The topological polar surface area (TPSA) is 74.3 Å². The standard InChI is InChI=1S/C20H19F2N5O/c1-13(4-3-7-26-12-16(11-23)14(2)25-26)20(28)27-19(5-6-24-27)15-8-17(21)10-18(22)9-15/h6,8-10,12,19H,1,3-5,7H2,2H3. The van der Waals surface area contributed by atoms with Gasteiger partial charge in [-0.3, -0.25) is 9.48 Å². The highest BCUT2D eigenvalue weighted by Crippen LogP contribution is 2.30. The van der Waals surface area contributed by atoms with Crippen LogP contribution in [-0.4, -0.2) is 26.9 Å². The molecule has 1 atom stereocenters. The summed E-state index contributed by atoms with van der Waals surface area (Å²) in [6.07, 6.45) is 4.61. The molecule has 1 aliphatic rings. The van der Waals surface area contributed by atoms with E-state index in [0.29, 0.717) is 48.2 Å². The Labute approximate surface area is 161 Å². The molecule has 0 N–H and O–H groups in total. The molecule has 0 spiro atoms. The Bertz CT molecular complexity index is 969. The molecule has 8 heteroatoms. The van der Waals surface area contributed by atoms with E-state index in [-0.39, 0.29) is 5.91 Å². The number of hydrogen-bond donors (Lipinski definition) is 0. The maximum absolute atomic E-state index is 13.5. The van der Waals surface area contributed by atoms with E-state index < -0.39 is 17.7 Å². The molecule has 1 unspecified atom stereocenters. The first-order valence-corrected chi connectivity index (χ1v) is 8.83. The largest absolute Gasteiger partial charge is 0.271 e. The second-order valence-electron chi connectivity index (χ2n) is 6.61. The molecule has 28 heavy (non-hydrogen) atoms. The number of hydrogen-bond acceptors (Lipinski definition) is 4. The molecule has 0 aliphatic carbocycles. The molecule has 0 saturated heterocycles. The Balaban J connectivity index is 1.61. The van der Waals surface area contributed by atoms with E-state index in [1.54, 1.807) is 24.0 Å². The van der Waals surface area contributed by atoms with Crippen molar-refractivity contribution in [1.29, 1.82) is 5.26 Å². The van der Waals surface area contributed by atoms with Crippen LogP contribution >= 0.6 is 0 Å². The van der Waals surface area contributed by atoms with Crippen LogP contribution < -0.4 is 0 Å². The third-order valence-electron chi connectivity index (χ3n) is 4.54. The van der Waals surface area contributed by atoms with Gasteiger partial charge in [0.05, 0.1) is 17.3 Å². The van der Waals surface area contributed by atoms with Crippen LogP contribution in [0, 0.1) is 29.9 Å². The number of amides is 1. The van der Waals surface area contributed by atoms with Gasteiger partial charge in [0.1, 0.15) is 17.7 Å². The molecule has 3 rings (SSSR count). The minimum atomic E-state index is -0.695. The van der Waals surface area contributed by atoms with E-state index in [9.17, 15) is 13.6 Å². The van der Waals surface area contributed by atoms with Gasteiger partial charge in [-0.2, -0.15) is 15.5 Å². The van der Waals surface area contributed by atoms with Gasteiger partial charge in [0, 0.05) is 37.0 Å². The monoisotopic (exact) mass is 383 g/mol. The summed E-state index contributed by atoms with van der Waals surface area (Å²) in [4.78, 5) is 12.7. The Morgan fingerprint density at radius 3 is 2.71 bits per heavy atom. The molecule has 1 amide bonds. The zero-order valence-electron chi connectivity index (χ0n) is 15.4. The van der Waals surface area contributed by atoms with Gasteiger partial charge in [-0.1, -0.05) is 6.58 Å². The normalized spacial score (nSPS) is 15.6. The van der Waals surface area contributed by atoms with Gasteiger partial charge in [-0.25, -0.2) is 13.8 Å². The molecule has 144 valence electrons. The summed E-state index contributed by atoms with van der Waals surface area (Å²) in [6, 6.07) is 4.72. The van der Waals surface area contributed by atoms with E-state index in [1.165, 1.54) is 17.1 Å². The van der Waals surface area contributed by atoms with Crippen LogP contribution in [-0.2, 0) is 11.3 Å². The van der Waals surface area contributed by atoms with Crippen LogP contribution in [0.15, 0.2) is 41.6 Å². The molecule has 6 nitrogen and oxygen atoms in total. The molecular weight excluding hydrogens is 364 g/mol. The quantitative estimate of drug-likeness (QED) is 0.715. The lowest BCUT2D eigenvalue weighted by molar-refractivity contribution is -0.129. The predicted octanol–water partition coefficient (Wildman–Crippen LogP) is 3.64. The fourth-order valence-corrected chi connectivity index (χ4v) is 3.12. The van der Waals surface area contributed by atoms with E-state index in [0.717, 1.165) is 6.07 Å². The van der Waals surface area contributed by atoms with Crippen molar-refractivity contribution in [2.45, 2.75) is 38.8 Å². The second kappa shape index (κ2) is 8.13. The third kappa shape index (κ3) is 4.14. The van der Waals surface area contributed by atoms with E-state index in [2.05, 4.69) is 22.8 Å². The maximum Gasteiger partial charge on any atom is 0.269 e. The fraction of sp³-hybridized carbons (Fsp3) is 0.300. The van der Waals surface area contributed by atoms with Gasteiger partial charge in [0.15, 0.2) is 0 Å². The number of nitrogens with zero attached hydrogens (tertiary/aromatic N) is 5. The molecule has 2 heterocycles. The van der Waals surface area contributed by atoms with Crippen LogP contribution in [0.5, 0.6) is 0 Å². The number of carbonyl (C=O) groups is 1. The van der Waals surface area contributed by atoms with Crippen molar-refractivity contribution in [2.75, 3.05) is 0 Å². The second-order valence-corrected chi connectivity index (χ2v) is 6.61. The first-order chi connectivity index (χ1) is 13.4. The van der Waals surface area contributed by atoms with Crippen molar-refractivity contribution in [1.82, 2.24) is 14.8 Å². The number of carbonyl (C=O) groups excluding carboxylic acids is 1. The first-order valence-electron chi connectivity index (χ1n) is 8.83. The van der Waals surface area contributed by atoms with E-state index in [1.807, 2.05) is 0 Å². The summed E-state index contributed by atoms with van der Waals surface area (Å²) in [5.41, 5.74) is 1.89. The summed E-state index contributed by atoms with van der Waals surface area (Å²) in [5, 5.41) is 18.5. The molecule has 1 aliphatic heterocycles. The van der Waals surface area contributed by atoms with Crippen LogP contribution in [0.4, 0.5) is 8.78 Å². The molecule has 0 saturated carbocycles. The first kappa shape index (κ1) is 19.4. The van der Waals surface area contributed by atoms with Gasteiger partial charge < -0.3 is 0 Å². The highest BCUT2D eigenvalue weighted by atomic mass is 19.1. The number of benzene rings is 1. The molecule has 2 aromatic rings. The molecule has 0 radical (unpaired) electrons. The van der Waals surface area contributed by atoms with Gasteiger partial charge >= 0.3 is 0 Å². The molecule has 1 aromatic heterocycles. The van der Waals surface area contributed by atoms with Gasteiger partial charge in [-0.05, 0) is 37.5 Å². The average molecular weight is 383 g/mol. The Morgan fingerprint density at radius 2 is 2.07 bits per heavy atom. The maximum atomic E-state index is 13.5. The minimum absolute atomic E-state index is 0.352. The zero-order valence-corrected chi connectivity index (χ0v) is 15.4. The number of hydrazone groups is 1. The smallest absolute Gasteiger partial charge is 0.269 e. The zero-order chi connectivity index (χ0) is 20.3. The molecule has 0 fully saturated rings. The van der Waals surface area contributed by atoms with Gasteiger partial charge in [0.25, 0.3) is 5.91 Å². The van der Waals surface area contributed by atoms with Gasteiger partial charge in [0.2, 0.25) is 0 Å². The SMILES string of the molecule is C=C(CCCn1cc(C#N)c(C)n1)C(=O)N1N=CCC1c1cc(F)cc(F)c1. The van der Waals surface area contributed by atoms with Crippen molar-refractivity contribution in [2.24, 2.45) is 5.10 Å². The Morgan fingerprint density at radius 1 is 1.36 bits per heavy atom. The van der Waals surface area contributed by atoms with Crippen LogP contribution in [0.2, 0.25) is 0 Å². The number of rotatable bonds is 6. The van der Waals surface area contributed by atoms with Crippen LogP contribution in [0.25, 0.3) is 0 Å². The number of halogens is 2. The lowest BCUT2D eigenvalue weighted by atomic mass is 10.0. The summed E-state index contributed by atoms with van der Waals surface area (Å²) in [6.45, 7) is 6.14. The summed E-state index contributed by atoms with van der Waals surface area (Å²) >= 11 is 0. The molecule has 1 aromatic carbocycles. The summed E-state index contributed by atoms with van der Waals surface area (Å²) in [5.74, 6) is -1.77. The lowest BCUT2D eigenvalue weighted by Gasteiger charge is -2.23. The Hall–Kier alpha value is -3.34. The third-order valence-corrected chi connectivity index (χ3v) is 4.54. The lowest BCUT2D eigenvalue weighted by Crippen LogP contribution is -2.28. The number of aryl methyl sites for hydroxylation is 2. The van der Waals surface area contributed by atoms with Crippen LogP contribution in [0.1, 0.15) is 42.1 Å². The van der Waals surface area contributed by atoms with E-state index >= 15 is 0 Å².